The summed E-state index contributed by atoms with van der Waals surface area (Å²) >= 11 is 0. The van der Waals surface area contributed by atoms with E-state index in [4.69, 9.17) is 9.84 Å². The van der Waals surface area contributed by atoms with Crippen molar-refractivity contribution in [2.75, 3.05) is 26.2 Å². The van der Waals surface area contributed by atoms with Crippen LogP contribution in [0.5, 0.6) is 0 Å². The highest BCUT2D eigenvalue weighted by molar-refractivity contribution is 5.85. The van der Waals surface area contributed by atoms with E-state index in [2.05, 4.69) is 12.2 Å². The summed E-state index contributed by atoms with van der Waals surface area (Å²) in [5.41, 5.74) is 2.13. The zero-order valence-electron chi connectivity index (χ0n) is 14.6. The zero-order chi connectivity index (χ0) is 17.4. The number of likely N-dealkylation sites (tertiary alicyclic amines) is 1. The van der Waals surface area contributed by atoms with E-state index in [1.54, 1.807) is 0 Å². The molecule has 6 nitrogen and oxygen atoms in total. The van der Waals surface area contributed by atoms with Crippen LogP contribution in [-0.2, 0) is 27.5 Å². The molecule has 25 heavy (non-hydrogen) atoms. The number of rotatable bonds is 9. The zero-order valence-corrected chi connectivity index (χ0v) is 15.4. The maximum Gasteiger partial charge on any atom is 0.307 e. The van der Waals surface area contributed by atoms with Crippen LogP contribution >= 0.6 is 12.4 Å². The number of carbonyl (C=O) groups is 2. The van der Waals surface area contributed by atoms with Crippen LogP contribution < -0.4 is 5.32 Å². The fourth-order valence-corrected chi connectivity index (χ4v) is 2.83. The summed E-state index contributed by atoms with van der Waals surface area (Å²) in [5.74, 6) is -1.21. The number of ether oxygens (including phenoxy) is 1. The monoisotopic (exact) mass is 370 g/mol. The molecule has 1 saturated heterocycles. The number of nitrogens with one attached hydrogen (secondary N) is 1. The van der Waals surface area contributed by atoms with Crippen LogP contribution in [0.4, 0.5) is 0 Å². The van der Waals surface area contributed by atoms with E-state index in [0.29, 0.717) is 32.7 Å². The van der Waals surface area contributed by atoms with E-state index in [1.807, 2.05) is 29.2 Å². The molecule has 1 atom stereocenters. The number of benzene rings is 1. The molecule has 0 aliphatic carbocycles. The quantitative estimate of drug-likeness (QED) is 0.650. The molecule has 1 unspecified atom stereocenters. The molecule has 0 bridgehead atoms. The van der Waals surface area contributed by atoms with Gasteiger partial charge in [-0.05, 0) is 30.5 Å². The average Bonchev–Trinajstić information content (AvgIpc) is 3.03. The highest BCUT2D eigenvalue weighted by Crippen LogP contribution is 2.15. The lowest BCUT2D eigenvalue weighted by Gasteiger charge is -2.16. The fourth-order valence-electron chi connectivity index (χ4n) is 2.83. The summed E-state index contributed by atoms with van der Waals surface area (Å²) in [6, 6.07) is 7.91. The van der Waals surface area contributed by atoms with Gasteiger partial charge in [0.2, 0.25) is 5.91 Å². The van der Waals surface area contributed by atoms with Crippen LogP contribution in [0.3, 0.4) is 0 Å². The van der Waals surface area contributed by atoms with Crippen LogP contribution in [0.15, 0.2) is 24.3 Å². The number of carboxylic acid groups (broad SMARTS) is 1. The topological polar surface area (TPSA) is 78.9 Å². The van der Waals surface area contributed by atoms with Gasteiger partial charge in [-0.25, -0.2) is 0 Å². The molecular weight excluding hydrogens is 344 g/mol. The Hall–Kier alpha value is -1.63. The van der Waals surface area contributed by atoms with Crippen LogP contribution in [0.25, 0.3) is 0 Å². The van der Waals surface area contributed by atoms with Gasteiger partial charge in [0, 0.05) is 19.7 Å². The van der Waals surface area contributed by atoms with Gasteiger partial charge in [0.05, 0.1) is 19.1 Å². The molecule has 0 saturated carbocycles. The van der Waals surface area contributed by atoms with E-state index >= 15 is 0 Å². The van der Waals surface area contributed by atoms with Gasteiger partial charge in [-0.15, -0.1) is 12.4 Å². The Morgan fingerprint density at radius 1 is 1.32 bits per heavy atom. The summed E-state index contributed by atoms with van der Waals surface area (Å²) in [7, 11) is 0. The first-order chi connectivity index (χ1) is 11.6. The van der Waals surface area contributed by atoms with Gasteiger partial charge >= 0.3 is 5.97 Å². The second-order valence-electron chi connectivity index (χ2n) is 6.16. The number of carbonyl (C=O) groups excluding carboxylic acids is 1. The molecule has 7 heteroatoms. The molecule has 2 rings (SSSR count). The molecule has 1 fully saturated rings. The molecule has 1 aliphatic heterocycles. The van der Waals surface area contributed by atoms with Crippen LogP contribution in [-0.4, -0.2) is 48.1 Å². The third-order valence-electron chi connectivity index (χ3n) is 4.19. The minimum absolute atomic E-state index is 0. The Bertz CT molecular complexity index is 568. The molecule has 1 amide bonds. The lowest BCUT2D eigenvalue weighted by Crippen LogP contribution is -2.36. The predicted molar refractivity (Wildman–Crippen MR) is 97.7 cm³/mol. The van der Waals surface area contributed by atoms with E-state index in [9.17, 15) is 9.59 Å². The molecule has 1 heterocycles. The summed E-state index contributed by atoms with van der Waals surface area (Å²) in [6.07, 6.45) is 1.59. The van der Waals surface area contributed by atoms with Gasteiger partial charge in [-0.3, -0.25) is 14.5 Å². The van der Waals surface area contributed by atoms with Gasteiger partial charge in [-0.2, -0.15) is 0 Å². The van der Waals surface area contributed by atoms with Crippen LogP contribution in [0, 0.1) is 5.92 Å². The van der Waals surface area contributed by atoms with Crippen molar-refractivity contribution in [1.82, 2.24) is 10.2 Å². The third-order valence-corrected chi connectivity index (χ3v) is 4.19. The third kappa shape index (κ3) is 7.02. The normalized spacial score (nSPS) is 17.1. The summed E-state index contributed by atoms with van der Waals surface area (Å²) in [5, 5.41) is 11.9. The van der Waals surface area contributed by atoms with Gasteiger partial charge in [0.1, 0.15) is 0 Å². The number of amides is 1. The minimum Gasteiger partial charge on any atom is -0.481 e. The molecule has 2 N–H and O–H groups in total. The Balaban J connectivity index is 0.00000312. The molecule has 1 aromatic rings. The number of aliphatic carboxylic acids is 1. The van der Waals surface area contributed by atoms with Crippen molar-refractivity contribution in [2.45, 2.75) is 32.9 Å². The maximum atomic E-state index is 12.1. The van der Waals surface area contributed by atoms with Gasteiger partial charge in [0.15, 0.2) is 0 Å². The van der Waals surface area contributed by atoms with Gasteiger partial charge < -0.3 is 15.2 Å². The highest BCUT2D eigenvalue weighted by Gasteiger charge is 2.28. The van der Waals surface area contributed by atoms with Crippen molar-refractivity contribution < 1.29 is 19.4 Å². The van der Waals surface area contributed by atoms with Crippen LogP contribution in [0.2, 0.25) is 0 Å². The lowest BCUT2D eigenvalue weighted by molar-refractivity contribution is -0.141. The molecule has 140 valence electrons. The molecule has 0 radical (unpaired) electrons. The highest BCUT2D eigenvalue weighted by atomic mass is 35.5. The van der Waals surface area contributed by atoms with Crippen molar-refractivity contribution in [3.05, 3.63) is 35.4 Å². The first-order valence-electron chi connectivity index (χ1n) is 8.46. The van der Waals surface area contributed by atoms with E-state index in [0.717, 1.165) is 24.2 Å². The smallest absolute Gasteiger partial charge is 0.307 e. The second kappa shape index (κ2) is 11.1. The van der Waals surface area contributed by atoms with Gasteiger partial charge in [-0.1, -0.05) is 31.2 Å². The fraction of sp³-hybridized carbons (Fsp3) is 0.556. The lowest BCUT2D eigenvalue weighted by atomic mass is 10.1. The van der Waals surface area contributed by atoms with E-state index < -0.39 is 5.97 Å². The second-order valence-corrected chi connectivity index (χ2v) is 6.16. The van der Waals surface area contributed by atoms with Crippen molar-refractivity contribution in [3.63, 3.8) is 0 Å². The summed E-state index contributed by atoms with van der Waals surface area (Å²) in [6.45, 7) is 5.15. The van der Waals surface area contributed by atoms with Gasteiger partial charge in [0.25, 0.3) is 0 Å². The van der Waals surface area contributed by atoms with Crippen molar-refractivity contribution in [3.8, 4) is 0 Å². The molecular formula is C18H27ClN2O4. The Morgan fingerprint density at radius 2 is 2.04 bits per heavy atom. The molecule has 1 aliphatic rings. The average molecular weight is 371 g/mol. The van der Waals surface area contributed by atoms with E-state index in [-0.39, 0.29) is 30.8 Å². The van der Waals surface area contributed by atoms with Crippen molar-refractivity contribution in [2.24, 2.45) is 5.92 Å². The Morgan fingerprint density at radius 3 is 2.68 bits per heavy atom. The predicted octanol–water partition coefficient (Wildman–Crippen LogP) is 2.06. The van der Waals surface area contributed by atoms with Crippen molar-refractivity contribution >= 4 is 24.3 Å². The first kappa shape index (κ1) is 21.4. The number of carboxylic acids is 1. The number of hydrogen-bond acceptors (Lipinski definition) is 4. The molecule has 0 spiro atoms. The summed E-state index contributed by atoms with van der Waals surface area (Å²) in [4.78, 5) is 24.9. The summed E-state index contributed by atoms with van der Waals surface area (Å²) < 4.78 is 5.58. The molecule has 0 aromatic heterocycles. The number of halogens is 1. The maximum absolute atomic E-state index is 12.1. The molecule has 1 aromatic carbocycles. The standard InChI is InChI=1S/C18H26N2O4.ClH/c1-2-9-24-13-16-6-4-3-5-14(16)10-19-17(21)12-20-8-7-15(11-20)18(22)23;/h3-6,15H,2,7-13H2,1H3,(H,19,21)(H,22,23);1H. The SMILES string of the molecule is CCCOCc1ccccc1CNC(=O)CN1CCC(C(=O)O)C1.Cl. The first-order valence-corrected chi connectivity index (χ1v) is 8.46. The minimum atomic E-state index is -0.779. The van der Waals surface area contributed by atoms with E-state index in [1.165, 1.54) is 0 Å². The van der Waals surface area contributed by atoms with Crippen LogP contribution in [0.1, 0.15) is 30.9 Å². The Labute approximate surface area is 154 Å². The number of nitrogens with zero attached hydrogens (tertiary/aromatic N) is 1. The van der Waals surface area contributed by atoms with Crippen molar-refractivity contribution in [1.29, 1.82) is 0 Å². The largest absolute Gasteiger partial charge is 0.481 e. The Kier molecular flexibility index (Phi) is 9.49. The number of hydrogen-bond donors (Lipinski definition) is 2.